The zero-order valence-electron chi connectivity index (χ0n) is 23.1. The number of aryl methyl sites for hydroxylation is 6. The van der Waals surface area contributed by atoms with Gasteiger partial charge in [0.15, 0.2) is 0 Å². The summed E-state index contributed by atoms with van der Waals surface area (Å²) < 4.78 is 0. The third kappa shape index (κ3) is 4.65. The number of benzene rings is 4. The summed E-state index contributed by atoms with van der Waals surface area (Å²) in [5.74, 6) is 0. The van der Waals surface area contributed by atoms with Gasteiger partial charge in [-0.3, -0.25) is 0 Å². The molecule has 0 radical (unpaired) electrons. The molecule has 2 heteroatoms. The van der Waals surface area contributed by atoms with Crippen molar-refractivity contribution in [3.05, 3.63) is 117 Å². The average Bonchev–Trinajstić information content (AvgIpc) is 3.39. The summed E-state index contributed by atoms with van der Waals surface area (Å²) >= 11 is 0. The molecular formula is C35H39NO. The van der Waals surface area contributed by atoms with Gasteiger partial charge in [-0.25, -0.2) is 0 Å². The summed E-state index contributed by atoms with van der Waals surface area (Å²) in [5, 5.41) is 16.0. The molecular weight excluding hydrogens is 450 g/mol. The Balaban J connectivity index is 1.55. The standard InChI is InChI=1S/C35H39NO/c1-22-18-24(3)33(25(4)19-22)28-9-13-30(14-10-28)35(37,32-8-7-17-36-32)31-15-11-29(12-16-31)34-26(5)20-23(2)21-27(34)6/h9-16,18-21,32,36-37H,7-8,17H2,1-6H3. The number of rotatable bonds is 5. The first kappa shape index (κ1) is 25.4. The molecule has 1 unspecified atom stereocenters. The Bertz CT molecular complexity index is 1280. The highest BCUT2D eigenvalue weighted by Gasteiger charge is 2.41. The molecule has 4 aromatic carbocycles. The number of hydrogen-bond acceptors (Lipinski definition) is 2. The van der Waals surface area contributed by atoms with Crippen molar-refractivity contribution in [1.82, 2.24) is 5.32 Å². The van der Waals surface area contributed by atoms with E-state index < -0.39 is 5.60 Å². The Kier molecular flexibility index (Phi) is 6.83. The maximum Gasteiger partial charge on any atom is 0.130 e. The molecule has 1 heterocycles. The first-order chi connectivity index (χ1) is 17.7. The second kappa shape index (κ2) is 9.93. The molecule has 2 N–H and O–H groups in total. The number of hydrogen-bond donors (Lipinski definition) is 2. The summed E-state index contributed by atoms with van der Waals surface area (Å²) in [4.78, 5) is 0. The molecule has 5 rings (SSSR count). The van der Waals surface area contributed by atoms with E-state index in [0.29, 0.717) is 0 Å². The van der Waals surface area contributed by atoms with Crippen LogP contribution in [0.2, 0.25) is 0 Å². The van der Waals surface area contributed by atoms with E-state index in [4.69, 9.17) is 0 Å². The highest BCUT2D eigenvalue weighted by Crippen LogP contribution is 2.39. The fraction of sp³-hybridized carbons (Fsp3) is 0.314. The minimum Gasteiger partial charge on any atom is -0.379 e. The van der Waals surface area contributed by atoms with Gasteiger partial charge < -0.3 is 10.4 Å². The summed E-state index contributed by atoms with van der Waals surface area (Å²) in [6.07, 6.45) is 2.03. The van der Waals surface area contributed by atoms with Crippen LogP contribution in [0.3, 0.4) is 0 Å². The minimum absolute atomic E-state index is 0.0186. The van der Waals surface area contributed by atoms with Gasteiger partial charge in [0.05, 0.1) is 0 Å². The summed E-state index contributed by atoms with van der Waals surface area (Å²) in [7, 11) is 0. The van der Waals surface area contributed by atoms with Crippen LogP contribution in [0.4, 0.5) is 0 Å². The van der Waals surface area contributed by atoms with E-state index in [2.05, 4.69) is 120 Å². The van der Waals surface area contributed by atoms with Gasteiger partial charge in [-0.05, 0) is 117 Å². The monoisotopic (exact) mass is 489 g/mol. The van der Waals surface area contributed by atoms with Gasteiger partial charge in [-0.2, -0.15) is 0 Å². The van der Waals surface area contributed by atoms with Crippen LogP contribution in [0.25, 0.3) is 22.3 Å². The molecule has 2 nitrogen and oxygen atoms in total. The molecule has 4 aromatic rings. The normalized spacial score (nSPS) is 15.8. The third-order valence-electron chi connectivity index (χ3n) is 8.15. The topological polar surface area (TPSA) is 32.3 Å². The smallest absolute Gasteiger partial charge is 0.130 e. The molecule has 0 bridgehead atoms. The Morgan fingerprint density at radius 3 is 1.32 bits per heavy atom. The van der Waals surface area contributed by atoms with Gasteiger partial charge in [-0.15, -0.1) is 0 Å². The molecule has 0 saturated carbocycles. The van der Waals surface area contributed by atoms with Crippen LogP contribution in [-0.4, -0.2) is 17.7 Å². The zero-order chi connectivity index (χ0) is 26.3. The molecule has 37 heavy (non-hydrogen) atoms. The first-order valence-electron chi connectivity index (χ1n) is 13.5. The van der Waals surface area contributed by atoms with Crippen molar-refractivity contribution in [2.45, 2.75) is 66.0 Å². The third-order valence-corrected chi connectivity index (χ3v) is 8.15. The van der Waals surface area contributed by atoms with E-state index in [1.54, 1.807) is 0 Å². The number of nitrogens with one attached hydrogen (secondary N) is 1. The molecule has 1 aliphatic rings. The van der Waals surface area contributed by atoms with Crippen LogP contribution in [0.5, 0.6) is 0 Å². The van der Waals surface area contributed by atoms with Crippen LogP contribution in [0.15, 0.2) is 72.8 Å². The van der Waals surface area contributed by atoms with Gasteiger partial charge >= 0.3 is 0 Å². The van der Waals surface area contributed by atoms with Gasteiger partial charge in [0.1, 0.15) is 5.60 Å². The van der Waals surface area contributed by atoms with Crippen molar-refractivity contribution in [3.8, 4) is 22.3 Å². The van der Waals surface area contributed by atoms with Crippen molar-refractivity contribution in [1.29, 1.82) is 0 Å². The second-order valence-corrected chi connectivity index (χ2v) is 11.1. The quantitative estimate of drug-likeness (QED) is 0.299. The molecule has 1 saturated heterocycles. The lowest BCUT2D eigenvalue weighted by Crippen LogP contribution is -2.46. The lowest BCUT2D eigenvalue weighted by Gasteiger charge is -2.35. The maximum absolute atomic E-state index is 12.4. The summed E-state index contributed by atoms with van der Waals surface area (Å²) in [6.45, 7) is 14.0. The van der Waals surface area contributed by atoms with Crippen LogP contribution in [0, 0.1) is 41.5 Å². The first-order valence-corrected chi connectivity index (χ1v) is 13.5. The molecule has 0 aromatic heterocycles. The molecule has 190 valence electrons. The van der Waals surface area contributed by atoms with E-state index in [-0.39, 0.29) is 6.04 Å². The molecule has 0 amide bonds. The van der Waals surface area contributed by atoms with E-state index in [1.807, 2.05) is 0 Å². The highest BCUT2D eigenvalue weighted by molar-refractivity contribution is 5.73. The Morgan fingerprint density at radius 2 is 1.00 bits per heavy atom. The Hall–Kier alpha value is -3.20. The average molecular weight is 490 g/mol. The molecule has 0 aliphatic carbocycles. The van der Waals surface area contributed by atoms with Gasteiger partial charge in [0.25, 0.3) is 0 Å². The van der Waals surface area contributed by atoms with Crippen molar-refractivity contribution in [3.63, 3.8) is 0 Å². The van der Waals surface area contributed by atoms with Crippen molar-refractivity contribution in [2.24, 2.45) is 0 Å². The highest BCUT2D eigenvalue weighted by atomic mass is 16.3. The molecule has 1 atom stereocenters. The summed E-state index contributed by atoms with van der Waals surface area (Å²) in [6, 6.07) is 26.1. The van der Waals surface area contributed by atoms with E-state index >= 15 is 0 Å². The lowest BCUT2D eigenvalue weighted by molar-refractivity contribution is 0.0443. The van der Waals surface area contributed by atoms with Gasteiger partial charge in [0, 0.05) is 6.04 Å². The maximum atomic E-state index is 12.4. The van der Waals surface area contributed by atoms with Crippen LogP contribution < -0.4 is 5.32 Å². The zero-order valence-corrected chi connectivity index (χ0v) is 23.1. The second-order valence-electron chi connectivity index (χ2n) is 11.1. The number of aliphatic hydroxyl groups is 1. The fourth-order valence-corrected chi connectivity index (χ4v) is 6.66. The predicted octanol–water partition coefficient (Wildman–Crippen LogP) is 7.86. The predicted molar refractivity (Wildman–Crippen MR) is 156 cm³/mol. The van der Waals surface area contributed by atoms with E-state index in [1.165, 1.54) is 55.6 Å². The largest absolute Gasteiger partial charge is 0.379 e. The van der Waals surface area contributed by atoms with Crippen molar-refractivity contribution >= 4 is 0 Å². The van der Waals surface area contributed by atoms with Gasteiger partial charge in [0.2, 0.25) is 0 Å². The fourth-order valence-electron chi connectivity index (χ4n) is 6.66. The van der Waals surface area contributed by atoms with Crippen LogP contribution >= 0.6 is 0 Å². The van der Waals surface area contributed by atoms with E-state index in [0.717, 1.165) is 30.5 Å². The van der Waals surface area contributed by atoms with Gasteiger partial charge in [-0.1, -0.05) is 83.9 Å². The SMILES string of the molecule is Cc1cc(C)c(-c2ccc(C(O)(c3ccc(-c4c(C)cc(C)cc4C)cc3)C3CCCN3)cc2)c(C)c1. The van der Waals surface area contributed by atoms with Crippen LogP contribution in [0.1, 0.15) is 57.3 Å². The van der Waals surface area contributed by atoms with Crippen molar-refractivity contribution < 1.29 is 5.11 Å². The minimum atomic E-state index is -1.09. The summed E-state index contributed by atoms with van der Waals surface area (Å²) in [5.41, 5.74) is 13.5. The van der Waals surface area contributed by atoms with Crippen LogP contribution in [-0.2, 0) is 5.60 Å². The van der Waals surface area contributed by atoms with E-state index in [9.17, 15) is 5.11 Å². The van der Waals surface area contributed by atoms with Crippen molar-refractivity contribution in [2.75, 3.05) is 6.54 Å². The Labute approximate surface area is 222 Å². The lowest BCUT2D eigenvalue weighted by atomic mass is 9.78. The molecule has 1 aliphatic heterocycles. The molecule has 0 spiro atoms. The Morgan fingerprint density at radius 1 is 0.622 bits per heavy atom. The molecule has 1 fully saturated rings.